The Morgan fingerprint density at radius 2 is 2.12 bits per heavy atom. The lowest BCUT2D eigenvalue weighted by Crippen LogP contribution is -2.42. The van der Waals surface area contributed by atoms with Gasteiger partial charge in [-0.2, -0.15) is 5.10 Å². The minimum atomic E-state index is -0.638. The average molecular weight is 327 g/mol. The molecule has 2 aromatic rings. The Bertz CT molecular complexity index is 768. The molecule has 0 fully saturated rings. The summed E-state index contributed by atoms with van der Waals surface area (Å²) < 4.78 is 1.77. The standard InChI is InChI=1S/C17H21N5O2/c1-11-5-6-13(12(2)8-11)9-18-16(23)17(24)21-14-4-3-7-22-15(14)19-10-20-22/h5-6,8,10,14H,3-4,7,9H2,1-2H3,(H,18,23)(H,21,24). The van der Waals surface area contributed by atoms with Crippen molar-refractivity contribution in [2.75, 3.05) is 0 Å². The van der Waals surface area contributed by atoms with Crippen LogP contribution in [0.25, 0.3) is 0 Å². The summed E-state index contributed by atoms with van der Waals surface area (Å²) in [4.78, 5) is 28.3. The molecule has 1 aliphatic heterocycles. The van der Waals surface area contributed by atoms with Crippen molar-refractivity contribution in [1.29, 1.82) is 0 Å². The van der Waals surface area contributed by atoms with E-state index in [0.717, 1.165) is 30.5 Å². The highest BCUT2D eigenvalue weighted by atomic mass is 16.2. The van der Waals surface area contributed by atoms with E-state index in [1.165, 1.54) is 11.9 Å². The van der Waals surface area contributed by atoms with Gasteiger partial charge in [-0.15, -0.1) is 0 Å². The van der Waals surface area contributed by atoms with Crippen LogP contribution < -0.4 is 10.6 Å². The van der Waals surface area contributed by atoms with Crippen LogP contribution in [0.5, 0.6) is 0 Å². The van der Waals surface area contributed by atoms with Crippen LogP contribution in [0.3, 0.4) is 0 Å². The third-order valence-electron chi connectivity index (χ3n) is 4.27. The van der Waals surface area contributed by atoms with Crippen LogP contribution in [-0.4, -0.2) is 26.6 Å². The van der Waals surface area contributed by atoms with Crippen LogP contribution in [0.1, 0.15) is 41.4 Å². The van der Waals surface area contributed by atoms with Gasteiger partial charge in [0.1, 0.15) is 12.2 Å². The number of nitrogens with one attached hydrogen (secondary N) is 2. The van der Waals surface area contributed by atoms with Gasteiger partial charge >= 0.3 is 11.8 Å². The molecule has 7 nitrogen and oxygen atoms in total. The zero-order valence-corrected chi connectivity index (χ0v) is 13.9. The van der Waals surface area contributed by atoms with E-state index in [0.29, 0.717) is 12.4 Å². The first-order chi connectivity index (χ1) is 11.5. The highest BCUT2D eigenvalue weighted by molar-refractivity contribution is 6.35. The zero-order chi connectivity index (χ0) is 17.1. The summed E-state index contributed by atoms with van der Waals surface area (Å²) in [6, 6.07) is 5.74. The summed E-state index contributed by atoms with van der Waals surface area (Å²) in [5, 5.41) is 9.52. The third-order valence-corrected chi connectivity index (χ3v) is 4.27. The quantitative estimate of drug-likeness (QED) is 0.828. The van der Waals surface area contributed by atoms with E-state index in [9.17, 15) is 9.59 Å². The Morgan fingerprint density at radius 3 is 2.92 bits per heavy atom. The molecule has 0 bridgehead atoms. The van der Waals surface area contributed by atoms with Crippen molar-refractivity contribution in [2.45, 2.75) is 45.8 Å². The topological polar surface area (TPSA) is 88.9 Å². The van der Waals surface area contributed by atoms with E-state index in [1.807, 2.05) is 26.0 Å². The van der Waals surface area contributed by atoms with Gasteiger partial charge in [0.25, 0.3) is 0 Å². The zero-order valence-electron chi connectivity index (χ0n) is 13.9. The lowest BCUT2D eigenvalue weighted by atomic mass is 10.1. The third kappa shape index (κ3) is 3.45. The minimum Gasteiger partial charge on any atom is -0.344 e. The number of hydrogen-bond donors (Lipinski definition) is 2. The molecule has 126 valence electrons. The molecule has 2 heterocycles. The summed E-state index contributed by atoms with van der Waals surface area (Å²) in [6.45, 7) is 5.13. The van der Waals surface area contributed by atoms with Gasteiger partial charge in [-0.25, -0.2) is 9.67 Å². The fraction of sp³-hybridized carbons (Fsp3) is 0.412. The van der Waals surface area contributed by atoms with Gasteiger partial charge in [-0.1, -0.05) is 23.8 Å². The molecule has 1 aromatic carbocycles. The Morgan fingerprint density at radius 1 is 1.29 bits per heavy atom. The van der Waals surface area contributed by atoms with Crippen molar-refractivity contribution in [1.82, 2.24) is 25.4 Å². The van der Waals surface area contributed by atoms with Gasteiger partial charge < -0.3 is 10.6 Å². The first-order valence-corrected chi connectivity index (χ1v) is 8.07. The first-order valence-electron chi connectivity index (χ1n) is 8.07. The van der Waals surface area contributed by atoms with E-state index in [1.54, 1.807) is 4.68 Å². The normalized spacial score (nSPS) is 16.3. The van der Waals surface area contributed by atoms with Crippen molar-refractivity contribution in [3.63, 3.8) is 0 Å². The molecule has 0 aliphatic carbocycles. The highest BCUT2D eigenvalue weighted by Crippen LogP contribution is 2.21. The van der Waals surface area contributed by atoms with Gasteiger partial charge in [0.15, 0.2) is 0 Å². The molecule has 0 saturated carbocycles. The van der Waals surface area contributed by atoms with Crippen molar-refractivity contribution in [3.8, 4) is 0 Å². The molecule has 1 aromatic heterocycles. The fourth-order valence-corrected chi connectivity index (χ4v) is 2.95. The predicted molar refractivity (Wildman–Crippen MR) is 87.9 cm³/mol. The number of aryl methyl sites for hydroxylation is 3. The fourth-order valence-electron chi connectivity index (χ4n) is 2.95. The molecule has 0 spiro atoms. The molecule has 2 N–H and O–H groups in total. The second-order valence-corrected chi connectivity index (χ2v) is 6.12. The number of carbonyl (C=O) groups excluding carboxylic acids is 2. The number of benzene rings is 1. The van der Waals surface area contributed by atoms with E-state index in [4.69, 9.17) is 0 Å². The van der Waals surface area contributed by atoms with E-state index >= 15 is 0 Å². The van der Waals surface area contributed by atoms with Gasteiger partial charge in [0, 0.05) is 13.1 Å². The van der Waals surface area contributed by atoms with Gasteiger partial charge in [0.05, 0.1) is 6.04 Å². The molecule has 0 saturated heterocycles. The van der Waals surface area contributed by atoms with E-state index in [-0.39, 0.29) is 6.04 Å². The number of rotatable bonds is 3. The predicted octanol–water partition coefficient (Wildman–Crippen LogP) is 1.16. The number of hydrogen-bond acceptors (Lipinski definition) is 4. The summed E-state index contributed by atoms with van der Waals surface area (Å²) in [6.07, 6.45) is 3.13. The van der Waals surface area contributed by atoms with Crippen LogP contribution in [0.4, 0.5) is 0 Å². The molecule has 0 radical (unpaired) electrons. The Kier molecular flexibility index (Phi) is 4.59. The summed E-state index contributed by atoms with van der Waals surface area (Å²) in [5.41, 5.74) is 3.26. The maximum Gasteiger partial charge on any atom is 0.309 e. The van der Waals surface area contributed by atoms with Crippen LogP contribution in [0.15, 0.2) is 24.5 Å². The van der Waals surface area contributed by atoms with Crippen LogP contribution >= 0.6 is 0 Å². The monoisotopic (exact) mass is 327 g/mol. The second kappa shape index (κ2) is 6.82. The summed E-state index contributed by atoms with van der Waals surface area (Å²) in [7, 11) is 0. The van der Waals surface area contributed by atoms with E-state index < -0.39 is 11.8 Å². The molecular weight excluding hydrogens is 306 g/mol. The molecule has 2 amide bonds. The molecule has 1 unspecified atom stereocenters. The SMILES string of the molecule is Cc1ccc(CNC(=O)C(=O)NC2CCCn3ncnc32)c(C)c1. The Labute approximate surface area is 140 Å². The average Bonchev–Trinajstić information content (AvgIpc) is 3.03. The van der Waals surface area contributed by atoms with Crippen molar-refractivity contribution in [2.24, 2.45) is 0 Å². The second-order valence-electron chi connectivity index (χ2n) is 6.12. The molecule has 24 heavy (non-hydrogen) atoms. The molecule has 7 heteroatoms. The minimum absolute atomic E-state index is 0.263. The lowest BCUT2D eigenvalue weighted by molar-refractivity contribution is -0.139. The molecular formula is C17H21N5O2. The maximum absolute atomic E-state index is 12.1. The smallest absolute Gasteiger partial charge is 0.309 e. The number of nitrogens with zero attached hydrogens (tertiary/aromatic N) is 3. The van der Waals surface area contributed by atoms with Crippen LogP contribution in [-0.2, 0) is 22.7 Å². The molecule has 3 rings (SSSR count). The van der Waals surface area contributed by atoms with Crippen molar-refractivity contribution in [3.05, 3.63) is 47.0 Å². The number of amides is 2. The maximum atomic E-state index is 12.1. The summed E-state index contributed by atoms with van der Waals surface area (Å²) >= 11 is 0. The molecule has 1 atom stereocenters. The van der Waals surface area contributed by atoms with E-state index in [2.05, 4.69) is 26.8 Å². The van der Waals surface area contributed by atoms with Crippen LogP contribution in [0, 0.1) is 13.8 Å². The summed E-state index contributed by atoms with van der Waals surface area (Å²) in [5.74, 6) is -0.565. The Hall–Kier alpha value is -2.70. The number of fused-ring (bicyclic) bond motifs is 1. The first kappa shape index (κ1) is 16.2. The number of aromatic nitrogens is 3. The van der Waals surface area contributed by atoms with Gasteiger partial charge in [-0.3, -0.25) is 9.59 Å². The van der Waals surface area contributed by atoms with Crippen molar-refractivity contribution < 1.29 is 9.59 Å². The lowest BCUT2D eigenvalue weighted by Gasteiger charge is -2.22. The number of carbonyl (C=O) groups is 2. The van der Waals surface area contributed by atoms with Crippen molar-refractivity contribution >= 4 is 11.8 Å². The van der Waals surface area contributed by atoms with Gasteiger partial charge in [0.2, 0.25) is 0 Å². The Balaban J connectivity index is 1.57. The molecule has 1 aliphatic rings. The highest BCUT2D eigenvalue weighted by Gasteiger charge is 2.26. The van der Waals surface area contributed by atoms with Gasteiger partial charge in [-0.05, 0) is 37.8 Å². The van der Waals surface area contributed by atoms with Crippen LogP contribution in [0.2, 0.25) is 0 Å². The largest absolute Gasteiger partial charge is 0.344 e.